The van der Waals surface area contributed by atoms with Gasteiger partial charge in [0.05, 0.1) is 0 Å². The largest absolute Gasteiger partial charge is 0.335 e. The summed E-state index contributed by atoms with van der Waals surface area (Å²) in [7, 11) is 0. The zero-order chi connectivity index (χ0) is 17.1. The lowest BCUT2D eigenvalue weighted by atomic mass is 10.1. The van der Waals surface area contributed by atoms with Crippen molar-refractivity contribution in [2.75, 3.05) is 26.2 Å². The minimum Gasteiger partial charge on any atom is -0.335 e. The van der Waals surface area contributed by atoms with Crippen LogP contribution in [-0.4, -0.2) is 47.8 Å². The van der Waals surface area contributed by atoms with Gasteiger partial charge < -0.3 is 9.80 Å². The van der Waals surface area contributed by atoms with Crippen LogP contribution < -0.4 is 0 Å². The van der Waals surface area contributed by atoms with Crippen molar-refractivity contribution in [2.45, 2.75) is 0 Å². The van der Waals surface area contributed by atoms with E-state index in [1.807, 2.05) is 0 Å². The molecule has 0 N–H and O–H groups in total. The lowest BCUT2D eigenvalue weighted by molar-refractivity contribution is 0.0535. The molecule has 0 radical (unpaired) electrons. The monoisotopic (exact) mass is 330 g/mol. The molecule has 2 aromatic rings. The van der Waals surface area contributed by atoms with Crippen LogP contribution in [0.15, 0.2) is 48.5 Å². The molecule has 2 aromatic carbocycles. The van der Waals surface area contributed by atoms with Gasteiger partial charge in [0.15, 0.2) is 0 Å². The SMILES string of the molecule is O=C(c1ccc(F)cc1)N1CCN(C(=O)c2ccc(F)cc2)CC1. The Morgan fingerprint density at radius 2 is 0.917 bits per heavy atom. The standard InChI is InChI=1S/C18H16F2N2O2/c19-15-5-1-13(2-6-15)17(23)21-9-11-22(12-10-21)18(24)14-3-7-16(20)8-4-14/h1-8H,9-12H2. The third kappa shape index (κ3) is 3.42. The summed E-state index contributed by atoms with van der Waals surface area (Å²) < 4.78 is 25.9. The Morgan fingerprint density at radius 1 is 0.625 bits per heavy atom. The van der Waals surface area contributed by atoms with Crippen LogP contribution in [0.5, 0.6) is 0 Å². The maximum atomic E-state index is 12.9. The molecule has 1 saturated heterocycles. The Bertz CT molecular complexity index is 671. The van der Waals surface area contributed by atoms with Gasteiger partial charge in [-0.1, -0.05) is 0 Å². The molecule has 0 aromatic heterocycles. The van der Waals surface area contributed by atoms with Crippen molar-refractivity contribution >= 4 is 11.8 Å². The van der Waals surface area contributed by atoms with Crippen LogP contribution in [0.3, 0.4) is 0 Å². The van der Waals surface area contributed by atoms with Gasteiger partial charge in [-0.3, -0.25) is 9.59 Å². The number of rotatable bonds is 2. The Balaban J connectivity index is 1.61. The fourth-order valence-electron chi connectivity index (χ4n) is 2.66. The third-order valence-corrected chi connectivity index (χ3v) is 4.04. The highest BCUT2D eigenvalue weighted by molar-refractivity contribution is 5.96. The molecule has 0 bridgehead atoms. The van der Waals surface area contributed by atoms with E-state index < -0.39 is 0 Å². The lowest BCUT2D eigenvalue weighted by Gasteiger charge is -2.34. The highest BCUT2D eigenvalue weighted by atomic mass is 19.1. The molecule has 24 heavy (non-hydrogen) atoms. The van der Waals surface area contributed by atoms with E-state index in [0.29, 0.717) is 37.3 Å². The Labute approximate surface area is 138 Å². The van der Waals surface area contributed by atoms with E-state index in [1.54, 1.807) is 9.80 Å². The summed E-state index contributed by atoms with van der Waals surface area (Å²) >= 11 is 0. The number of piperazine rings is 1. The molecule has 1 aliphatic heterocycles. The smallest absolute Gasteiger partial charge is 0.253 e. The highest BCUT2D eigenvalue weighted by Gasteiger charge is 2.25. The molecule has 1 aliphatic rings. The maximum absolute atomic E-state index is 12.9. The van der Waals surface area contributed by atoms with Crippen LogP contribution in [0.2, 0.25) is 0 Å². The average Bonchev–Trinajstić information content (AvgIpc) is 2.62. The minimum absolute atomic E-state index is 0.177. The van der Waals surface area contributed by atoms with Crippen molar-refractivity contribution < 1.29 is 18.4 Å². The normalized spacial score (nSPS) is 14.6. The van der Waals surface area contributed by atoms with Crippen molar-refractivity contribution in [3.8, 4) is 0 Å². The molecule has 0 unspecified atom stereocenters. The Morgan fingerprint density at radius 3 is 1.21 bits per heavy atom. The highest BCUT2D eigenvalue weighted by Crippen LogP contribution is 2.13. The fourth-order valence-corrected chi connectivity index (χ4v) is 2.66. The molecule has 1 heterocycles. The molecule has 1 fully saturated rings. The molecule has 2 amide bonds. The van der Waals surface area contributed by atoms with Crippen LogP contribution in [0.4, 0.5) is 8.78 Å². The van der Waals surface area contributed by atoms with Gasteiger partial charge in [-0.25, -0.2) is 8.78 Å². The zero-order valence-electron chi connectivity index (χ0n) is 12.9. The molecule has 6 heteroatoms. The van der Waals surface area contributed by atoms with Gasteiger partial charge in [0.25, 0.3) is 11.8 Å². The van der Waals surface area contributed by atoms with Crippen LogP contribution in [0, 0.1) is 11.6 Å². The van der Waals surface area contributed by atoms with E-state index in [1.165, 1.54) is 48.5 Å². The predicted octanol–water partition coefficient (Wildman–Crippen LogP) is 2.56. The summed E-state index contributed by atoms with van der Waals surface area (Å²) in [5, 5.41) is 0. The fraction of sp³-hybridized carbons (Fsp3) is 0.222. The molecule has 0 spiro atoms. The molecule has 4 nitrogen and oxygen atoms in total. The second-order valence-electron chi connectivity index (χ2n) is 5.60. The van der Waals surface area contributed by atoms with Crippen molar-refractivity contribution in [2.24, 2.45) is 0 Å². The van der Waals surface area contributed by atoms with E-state index in [4.69, 9.17) is 0 Å². The van der Waals surface area contributed by atoms with Crippen LogP contribution in [-0.2, 0) is 0 Å². The summed E-state index contributed by atoms with van der Waals surface area (Å²) in [5.41, 5.74) is 0.851. The molecule has 124 valence electrons. The number of hydrogen-bond donors (Lipinski definition) is 0. The summed E-state index contributed by atoms with van der Waals surface area (Å²) in [6.45, 7) is 1.62. The van der Waals surface area contributed by atoms with Gasteiger partial charge in [0.1, 0.15) is 11.6 Å². The van der Waals surface area contributed by atoms with Gasteiger partial charge in [-0.05, 0) is 48.5 Å². The minimum atomic E-state index is -0.388. The molecule has 3 rings (SSSR count). The van der Waals surface area contributed by atoms with E-state index >= 15 is 0 Å². The Kier molecular flexibility index (Phi) is 4.55. The van der Waals surface area contributed by atoms with Crippen molar-refractivity contribution in [3.63, 3.8) is 0 Å². The number of carbonyl (C=O) groups is 2. The summed E-state index contributed by atoms with van der Waals surface area (Å²) in [4.78, 5) is 28.0. The van der Waals surface area contributed by atoms with Gasteiger partial charge in [0, 0.05) is 37.3 Å². The number of nitrogens with zero attached hydrogens (tertiary/aromatic N) is 2. The first kappa shape index (κ1) is 16.1. The second-order valence-corrected chi connectivity index (χ2v) is 5.60. The number of amides is 2. The second kappa shape index (κ2) is 6.78. The maximum Gasteiger partial charge on any atom is 0.253 e. The first-order valence-corrected chi connectivity index (χ1v) is 7.64. The molecular formula is C18H16F2N2O2. The van der Waals surface area contributed by atoms with Gasteiger partial charge >= 0.3 is 0 Å². The van der Waals surface area contributed by atoms with E-state index in [0.717, 1.165) is 0 Å². The van der Waals surface area contributed by atoms with Gasteiger partial charge in [-0.15, -0.1) is 0 Å². The van der Waals surface area contributed by atoms with E-state index in [9.17, 15) is 18.4 Å². The van der Waals surface area contributed by atoms with Gasteiger partial charge in [0.2, 0.25) is 0 Å². The number of carbonyl (C=O) groups excluding carboxylic acids is 2. The topological polar surface area (TPSA) is 40.6 Å². The lowest BCUT2D eigenvalue weighted by Crippen LogP contribution is -2.50. The van der Waals surface area contributed by atoms with Gasteiger partial charge in [-0.2, -0.15) is 0 Å². The summed E-state index contributed by atoms with van der Waals surface area (Å²) in [5.74, 6) is -1.13. The summed E-state index contributed by atoms with van der Waals surface area (Å²) in [6, 6.07) is 10.8. The molecule has 0 saturated carbocycles. The molecule has 0 atom stereocenters. The molecule has 0 aliphatic carbocycles. The summed E-state index contributed by atoms with van der Waals surface area (Å²) in [6.07, 6.45) is 0. The van der Waals surface area contributed by atoms with Crippen LogP contribution in [0.1, 0.15) is 20.7 Å². The first-order valence-electron chi connectivity index (χ1n) is 7.64. The average molecular weight is 330 g/mol. The van der Waals surface area contributed by atoms with E-state index in [2.05, 4.69) is 0 Å². The zero-order valence-corrected chi connectivity index (χ0v) is 12.9. The number of benzene rings is 2. The Hall–Kier alpha value is -2.76. The van der Waals surface area contributed by atoms with Crippen molar-refractivity contribution in [1.29, 1.82) is 0 Å². The number of hydrogen-bond acceptors (Lipinski definition) is 2. The quantitative estimate of drug-likeness (QED) is 0.849. The first-order chi connectivity index (χ1) is 11.5. The van der Waals surface area contributed by atoms with Crippen molar-refractivity contribution in [1.82, 2.24) is 9.80 Å². The van der Waals surface area contributed by atoms with Crippen LogP contribution >= 0.6 is 0 Å². The predicted molar refractivity (Wildman–Crippen MR) is 84.6 cm³/mol. The number of halogens is 2. The molecular weight excluding hydrogens is 314 g/mol. The third-order valence-electron chi connectivity index (χ3n) is 4.04. The van der Waals surface area contributed by atoms with Crippen molar-refractivity contribution in [3.05, 3.63) is 71.3 Å². The van der Waals surface area contributed by atoms with E-state index in [-0.39, 0.29) is 23.4 Å². The van der Waals surface area contributed by atoms with Crippen LogP contribution in [0.25, 0.3) is 0 Å².